The van der Waals surface area contributed by atoms with Crippen molar-refractivity contribution in [3.63, 3.8) is 0 Å². The number of nitrogens with one attached hydrogen (secondary N) is 2. The lowest BCUT2D eigenvalue weighted by molar-refractivity contribution is -0.120. The molecule has 0 spiro atoms. The van der Waals surface area contributed by atoms with Crippen LogP contribution in [0.3, 0.4) is 0 Å². The number of aromatic nitrogens is 2. The number of hydrogen-bond donors (Lipinski definition) is 2. The molecular weight excluding hydrogens is 308 g/mol. The number of para-hydroxylation sites is 1. The normalized spacial score (nSPS) is 17.2. The van der Waals surface area contributed by atoms with Crippen molar-refractivity contribution in [2.75, 3.05) is 11.6 Å². The molecule has 1 aliphatic heterocycles. The lowest BCUT2D eigenvalue weighted by Gasteiger charge is -2.30. The first-order valence-electron chi connectivity index (χ1n) is 7.62. The van der Waals surface area contributed by atoms with E-state index in [0.29, 0.717) is 18.8 Å². The summed E-state index contributed by atoms with van der Waals surface area (Å²) in [5, 5.41) is 4.13. The van der Waals surface area contributed by atoms with Crippen molar-refractivity contribution in [2.24, 2.45) is 4.99 Å². The van der Waals surface area contributed by atoms with E-state index < -0.39 is 6.04 Å². The maximum absolute atomic E-state index is 12.3. The van der Waals surface area contributed by atoms with E-state index >= 15 is 0 Å². The highest BCUT2D eigenvalue weighted by Gasteiger charge is 2.30. The molecule has 8 heteroatoms. The van der Waals surface area contributed by atoms with Gasteiger partial charge in [-0.25, -0.2) is 15.0 Å². The first kappa shape index (κ1) is 15.7. The van der Waals surface area contributed by atoms with E-state index in [1.165, 1.54) is 5.01 Å². The van der Waals surface area contributed by atoms with Gasteiger partial charge in [-0.1, -0.05) is 18.2 Å². The Morgan fingerprint density at radius 1 is 1.33 bits per heavy atom. The highest BCUT2D eigenvalue weighted by atomic mass is 16.2. The maximum Gasteiger partial charge on any atom is 0.288 e. The number of hydrazine groups is 1. The van der Waals surface area contributed by atoms with Gasteiger partial charge >= 0.3 is 0 Å². The highest BCUT2D eigenvalue weighted by Crippen LogP contribution is 2.15. The largest absolute Gasteiger partial charge is 0.348 e. The minimum atomic E-state index is -0.624. The Bertz CT molecular complexity index is 741. The Morgan fingerprint density at radius 2 is 2.12 bits per heavy atom. The van der Waals surface area contributed by atoms with Gasteiger partial charge in [-0.15, -0.1) is 0 Å². The van der Waals surface area contributed by atoms with Gasteiger partial charge in [0.15, 0.2) is 0 Å². The van der Waals surface area contributed by atoms with Crippen molar-refractivity contribution in [2.45, 2.75) is 19.5 Å². The number of amides is 2. The number of carbonyl (C=O) groups excluding carboxylic acids is 2. The molecule has 8 nitrogen and oxygen atoms in total. The van der Waals surface area contributed by atoms with Crippen LogP contribution < -0.4 is 15.8 Å². The molecular formula is C16H18N6O2. The summed E-state index contributed by atoms with van der Waals surface area (Å²) in [5.41, 5.74) is 3.46. The van der Waals surface area contributed by atoms with Crippen LogP contribution in [0.15, 0.2) is 54.0 Å². The summed E-state index contributed by atoms with van der Waals surface area (Å²) in [6.07, 6.45) is 5.18. The van der Waals surface area contributed by atoms with E-state index in [4.69, 9.17) is 0 Å². The predicted octanol–water partition coefficient (Wildman–Crippen LogP) is 0.338. The zero-order chi connectivity index (χ0) is 16.9. The first-order chi connectivity index (χ1) is 11.6. The van der Waals surface area contributed by atoms with Crippen molar-refractivity contribution < 1.29 is 9.59 Å². The van der Waals surface area contributed by atoms with Gasteiger partial charge in [0.25, 0.3) is 11.8 Å². The highest BCUT2D eigenvalue weighted by molar-refractivity contribution is 6.39. The molecule has 3 rings (SSSR count). The van der Waals surface area contributed by atoms with Crippen LogP contribution in [0.4, 0.5) is 5.69 Å². The van der Waals surface area contributed by atoms with Gasteiger partial charge in [-0.2, -0.15) is 0 Å². The number of rotatable bonds is 5. The van der Waals surface area contributed by atoms with Gasteiger partial charge in [0.2, 0.25) is 5.84 Å². The maximum atomic E-state index is 12.3. The molecule has 0 radical (unpaired) electrons. The van der Waals surface area contributed by atoms with Crippen molar-refractivity contribution in [3.05, 3.63) is 49.1 Å². The van der Waals surface area contributed by atoms with E-state index in [9.17, 15) is 9.59 Å². The molecule has 24 heavy (non-hydrogen) atoms. The number of hydrogen-bond acceptors (Lipinski definition) is 5. The molecule has 0 unspecified atom stereocenters. The van der Waals surface area contributed by atoms with Crippen LogP contribution in [0.1, 0.15) is 6.92 Å². The summed E-state index contributed by atoms with van der Waals surface area (Å²) in [6, 6.07) is 8.46. The van der Waals surface area contributed by atoms with E-state index in [0.717, 1.165) is 0 Å². The molecule has 1 aliphatic rings. The first-order valence-corrected chi connectivity index (χ1v) is 7.62. The second-order valence-corrected chi connectivity index (χ2v) is 5.33. The molecule has 1 aromatic carbocycles. The number of aliphatic imine (C=N–C) groups is 1. The second kappa shape index (κ2) is 6.95. The minimum absolute atomic E-state index is 0.122. The Morgan fingerprint density at radius 3 is 2.83 bits per heavy atom. The number of imidazole rings is 1. The van der Waals surface area contributed by atoms with E-state index in [1.54, 1.807) is 31.6 Å². The Labute approximate surface area is 139 Å². The van der Waals surface area contributed by atoms with Crippen LogP contribution in [-0.2, 0) is 16.1 Å². The summed E-state index contributed by atoms with van der Waals surface area (Å²) < 4.78 is 1.86. The van der Waals surface area contributed by atoms with Gasteiger partial charge in [-0.05, 0) is 19.1 Å². The van der Waals surface area contributed by atoms with Crippen molar-refractivity contribution in [1.29, 1.82) is 0 Å². The van der Waals surface area contributed by atoms with Gasteiger partial charge < -0.3 is 9.88 Å². The van der Waals surface area contributed by atoms with Crippen LogP contribution in [0.5, 0.6) is 0 Å². The standard InChI is InChI=1S/C16H18N6O2/c1-12-16(24)22(13-5-3-2-4-6-13)20-14(19-12)15(23)18-8-10-21-9-7-17-11-21/h2-7,9,11-12H,8,10H2,1H3,(H,18,23)(H,19,20)/t12-/m0/s1. The molecule has 0 fully saturated rings. The van der Waals surface area contributed by atoms with Crippen LogP contribution in [0, 0.1) is 0 Å². The zero-order valence-electron chi connectivity index (χ0n) is 13.2. The monoisotopic (exact) mass is 326 g/mol. The number of carbonyl (C=O) groups is 2. The molecule has 0 aliphatic carbocycles. The SMILES string of the molecule is C[C@@H]1N=C(C(=O)NCCn2ccnc2)NN(c2ccccc2)C1=O. The summed E-state index contributed by atoms with van der Waals surface area (Å²) in [6.45, 7) is 2.71. The molecule has 1 aromatic heterocycles. The van der Waals surface area contributed by atoms with Crippen LogP contribution in [0.25, 0.3) is 0 Å². The summed E-state index contributed by atoms with van der Waals surface area (Å²) in [5.74, 6) is -0.442. The third kappa shape index (κ3) is 3.43. The van der Waals surface area contributed by atoms with Crippen LogP contribution in [0.2, 0.25) is 0 Å². The molecule has 124 valence electrons. The summed E-state index contributed by atoms with van der Waals surface area (Å²) in [7, 11) is 0. The molecule has 0 bridgehead atoms. The van der Waals surface area contributed by atoms with Gasteiger partial charge in [-0.3, -0.25) is 15.0 Å². The fourth-order valence-electron chi connectivity index (χ4n) is 2.31. The van der Waals surface area contributed by atoms with E-state index in [-0.39, 0.29) is 17.6 Å². The Balaban J connectivity index is 1.65. The smallest absolute Gasteiger partial charge is 0.288 e. The van der Waals surface area contributed by atoms with Crippen molar-refractivity contribution >= 4 is 23.3 Å². The number of anilines is 1. The number of amidine groups is 1. The van der Waals surface area contributed by atoms with Gasteiger partial charge in [0.05, 0.1) is 12.0 Å². The molecule has 2 aromatic rings. The second-order valence-electron chi connectivity index (χ2n) is 5.33. The van der Waals surface area contributed by atoms with E-state index in [1.807, 2.05) is 29.0 Å². The molecule has 2 amide bonds. The molecule has 0 saturated carbocycles. The average Bonchev–Trinajstić information content (AvgIpc) is 3.11. The van der Waals surface area contributed by atoms with Crippen molar-refractivity contribution in [1.82, 2.24) is 20.3 Å². The molecule has 2 N–H and O–H groups in total. The van der Waals surface area contributed by atoms with Crippen LogP contribution >= 0.6 is 0 Å². The predicted molar refractivity (Wildman–Crippen MR) is 89.2 cm³/mol. The third-order valence-corrected chi connectivity index (χ3v) is 3.56. The fraction of sp³-hybridized carbons (Fsp3) is 0.250. The molecule has 2 heterocycles. The van der Waals surface area contributed by atoms with Crippen molar-refractivity contribution in [3.8, 4) is 0 Å². The van der Waals surface area contributed by atoms with Crippen LogP contribution in [-0.4, -0.2) is 39.8 Å². The minimum Gasteiger partial charge on any atom is -0.348 e. The zero-order valence-corrected chi connectivity index (χ0v) is 13.2. The number of nitrogens with zero attached hydrogens (tertiary/aromatic N) is 4. The number of benzene rings is 1. The van der Waals surface area contributed by atoms with Gasteiger partial charge in [0, 0.05) is 25.5 Å². The summed E-state index contributed by atoms with van der Waals surface area (Å²) >= 11 is 0. The molecule has 1 atom stereocenters. The Kier molecular flexibility index (Phi) is 4.55. The topological polar surface area (TPSA) is 91.6 Å². The molecule has 0 saturated heterocycles. The summed E-state index contributed by atoms with van der Waals surface area (Å²) in [4.78, 5) is 32.6. The van der Waals surface area contributed by atoms with E-state index in [2.05, 4.69) is 20.7 Å². The third-order valence-electron chi connectivity index (χ3n) is 3.56. The quantitative estimate of drug-likeness (QED) is 0.829. The fourth-order valence-corrected chi connectivity index (χ4v) is 2.31. The average molecular weight is 326 g/mol. The lowest BCUT2D eigenvalue weighted by atomic mass is 10.2. The van der Waals surface area contributed by atoms with Gasteiger partial charge in [0.1, 0.15) is 6.04 Å². The Hall–Kier alpha value is -3.16. The lowest BCUT2D eigenvalue weighted by Crippen LogP contribution is -2.58.